The smallest absolute Gasteiger partial charge is 0.221 e. The van der Waals surface area contributed by atoms with Gasteiger partial charge in [-0.05, 0) is 30.2 Å². The SMILES string of the molecule is COc1cc(C(C#N)C(=O)c2ncccn2)ccc1C. The zero-order valence-electron chi connectivity index (χ0n) is 11.2. The van der Waals surface area contributed by atoms with Crippen molar-refractivity contribution in [2.45, 2.75) is 12.8 Å². The van der Waals surface area contributed by atoms with Gasteiger partial charge in [-0.1, -0.05) is 12.1 Å². The molecule has 2 aromatic rings. The third-order valence-electron chi connectivity index (χ3n) is 2.94. The van der Waals surface area contributed by atoms with E-state index in [2.05, 4.69) is 9.97 Å². The molecule has 100 valence electrons. The molecule has 0 aliphatic rings. The van der Waals surface area contributed by atoms with Gasteiger partial charge in [-0.15, -0.1) is 0 Å². The lowest BCUT2D eigenvalue weighted by Gasteiger charge is -2.11. The quantitative estimate of drug-likeness (QED) is 0.794. The summed E-state index contributed by atoms with van der Waals surface area (Å²) in [5.41, 5.74) is 1.52. The Labute approximate surface area is 116 Å². The molecule has 0 saturated heterocycles. The zero-order valence-corrected chi connectivity index (χ0v) is 11.2. The Balaban J connectivity index is 2.39. The summed E-state index contributed by atoms with van der Waals surface area (Å²) in [5.74, 6) is -0.672. The third kappa shape index (κ3) is 2.64. The van der Waals surface area contributed by atoms with E-state index in [0.717, 1.165) is 5.56 Å². The molecule has 0 saturated carbocycles. The first-order valence-corrected chi connectivity index (χ1v) is 6.02. The Morgan fingerprint density at radius 1 is 1.35 bits per heavy atom. The number of rotatable bonds is 4. The molecule has 5 heteroatoms. The average Bonchev–Trinajstić information content (AvgIpc) is 2.50. The Hall–Kier alpha value is -2.74. The number of ether oxygens (including phenoxy) is 1. The molecule has 0 aliphatic carbocycles. The number of benzene rings is 1. The molecular formula is C15H13N3O2. The molecule has 0 bridgehead atoms. The molecular weight excluding hydrogens is 254 g/mol. The number of Topliss-reactive ketones (excluding diaryl/α,β-unsaturated/α-hetero) is 1. The van der Waals surface area contributed by atoms with Gasteiger partial charge >= 0.3 is 0 Å². The van der Waals surface area contributed by atoms with Crippen LogP contribution in [0.5, 0.6) is 5.75 Å². The molecule has 20 heavy (non-hydrogen) atoms. The lowest BCUT2D eigenvalue weighted by atomic mass is 9.94. The van der Waals surface area contributed by atoms with Crippen LogP contribution in [0, 0.1) is 18.3 Å². The molecule has 0 radical (unpaired) electrons. The van der Waals surface area contributed by atoms with Crippen LogP contribution in [-0.2, 0) is 0 Å². The Morgan fingerprint density at radius 3 is 2.65 bits per heavy atom. The van der Waals surface area contributed by atoms with Gasteiger partial charge in [-0.25, -0.2) is 9.97 Å². The van der Waals surface area contributed by atoms with Crippen molar-refractivity contribution in [3.8, 4) is 11.8 Å². The highest BCUT2D eigenvalue weighted by Crippen LogP contribution is 2.25. The summed E-state index contributed by atoms with van der Waals surface area (Å²) in [6, 6.07) is 8.88. The number of hydrogen-bond acceptors (Lipinski definition) is 5. The van der Waals surface area contributed by atoms with Gasteiger partial charge in [0.15, 0.2) is 5.82 Å². The number of nitrogens with zero attached hydrogens (tertiary/aromatic N) is 3. The number of aryl methyl sites for hydroxylation is 1. The van der Waals surface area contributed by atoms with E-state index in [9.17, 15) is 10.1 Å². The van der Waals surface area contributed by atoms with Gasteiger partial charge in [0.05, 0.1) is 13.2 Å². The predicted molar refractivity (Wildman–Crippen MR) is 72.4 cm³/mol. The number of carbonyl (C=O) groups is 1. The van der Waals surface area contributed by atoms with Gasteiger partial charge in [-0.2, -0.15) is 5.26 Å². The van der Waals surface area contributed by atoms with Gasteiger partial charge < -0.3 is 4.74 Å². The topological polar surface area (TPSA) is 75.9 Å². The highest BCUT2D eigenvalue weighted by molar-refractivity contribution is 5.99. The van der Waals surface area contributed by atoms with Crippen molar-refractivity contribution < 1.29 is 9.53 Å². The molecule has 1 aromatic carbocycles. The lowest BCUT2D eigenvalue weighted by Crippen LogP contribution is -2.14. The first-order valence-electron chi connectivity index (χ1n) is 6.02. The largest absolute Gasteiger partial charge is 0.496 e. The minimum absolute atomic E-state index is 0.0404. The van der Waals surface area contributed by atoms with Gasteiger partial charge in [0, 0.05) is 12.4 Å². The average molecular weight is 267 g/mol. The first kappa shape index (κ1) is 13.7. The standard InChI is InChI=1S/C15H13N3O2/c1-10-4-5-11(8-13(10)20-2)12(9-16)14(19)15-17-6-3-7-18-15/h3-8,12H,1-2H3. The fourth-order valence-electron chi connectivity index (χ4n) is 1.86. The maximum Gasteiger partial charge on any atom is 0.221 e. The molecule has 0 aliphatic heterocycles. The van der Waals surface area contributed by atoms with Crippen molar-refractivity contribution in [1.29, 1.82) is 5.26 Å². The van der Waals surface area contributed by atoms with E-state index in [1.807, 2.05) is 19.1 Å². The van der Waals surface area contributed by atoms with Crippen LogP contribution in [0.2, 0.25) is 0 Å². The van der Waals surface area contributed by atoms with Gasteiger partial charge in [0.2, 0.25) is 5.78 Å². The fourth-order valence-corrected chi connectivity index (χ4v) is 1.86. The summed E-state index contributed by atoms with van der Waals surface area (Å²) >= 11 is 0. The molecule has 2 rings (SSSR count). The van der Waals surface area contributed by atoms with E-state index in [1.165, 1.54) is 12.4 Å². The van der Waals surface area contributed by atoms with Crippen molar-refractivity contribution >= 4 is 5.78 Å². The minimum Gasteiger partial charge on any atom is -0.496 e. The highest BCUT2D eigenvalue weighted by Gasteiger charge is 2.24. The van der Waals surface area contributed by atoms with Crippen LogP contribution in [-0.4, -0.2) is 22.9 Å². The molecule has 0 spiro atoms. The van der Waals surface area contributed by atoms with Crippen LogP contribution < -0.4 is 4.74 Å². The van der Waals surface area contributed by atoms with Crippen molar-refractivity contribution in [1.82, 2.24) is 9.97 Å². The number of aromatic nitrogens is 2. The Morgan fingerprint density at radius 2 is 2.05 bits per heavy atom. The van der Waals surface area contributed by atoms with Crippen LogP contribution in [0.1, 0.15) is 27.7 Å². The Kier molecular flexibility index (Phi) is 4.06. The zero-order chi connectivity index (χ0) is 14.5. The summed E-state index contributed by atoms with van der Waals surface area (Å²) < 4.78 is 5.21. The fraction of sp³-hybridized carbons (Fsp3) is 0.200. The molecule has 1 aromatic heterocycles. The van der Waals surface area contributed by atoms with Gasteiger partial charge in [-0.3, -0.25) is 4.79 Å². The summed E-state index contributed by atoms with van der Waals surface area (Å²) in [7, 11) is 1.55. The van der Waals surface area contributed by atoms with E-state index in [0.29, 0.717) is 11.3 Å². The van der Waals surface area contributed by atoms with Crippen molar-refractivity contribution in [3.63, 3.8) is 0 Å². The van der Waals surface area contributed by atoms with E-state index in [-0.39, 0.29) is 5.82 Å². The summed E-state index contributed by atoms with van der Waals surface area (Å²) in [6.45, 7) is 1.89. The number of nitriles is 1. The Bertz CT molecular complexity index is 663. The second-order valence-corrected chi connectivity index (χ2v) is 4.23. The molecule has 0 N–H and O–H groups in total. The van der Waals surface area contributed by atoms with Crippen molar-refractivity contribution in [3.05, 3.63) is 53.6 Å². The van der Waals surface area contributed by atoms with Crippen LogP contribution in [0.25, 0.3) is 0 Å². The van der Waals surface area contributed by atoms with Crippen molar-refractivity contribution in [2.75, 3.05) is 7.11 Å². The number of methoxy groups -OCH3 is 1. The maximum absolute atomic E-state index is 12.3. The van der Waals surface area contributed by atoms with Gasteiger partial charge in [0.25, 0.3) is 0 Å². The van der Waals surface area contributed by atoms with Crippen LogP contribution in [0.3, 0.4) is 0 Å². The number of hydrogen-bond donors (Lipinski definition) is 0. The minimum atomic E-state index is -0.938. The summed E-state index contributed by atoms with van der Waals surface area (Å²) in [4.78, 5) is 20.1. The molecule has 0 amide bonds. The molecule has 1 heterocycles. The van der Waals surface area contributed by atoms with Crippen LogP contribution >= 0.6 is 0 Å². The number of carbonyl (C=O) groups excluding carboxylic acids is 1. The van der Waals surface area contributed by atoms with E-state index in [4.69, 9.17) is 4.74 Å². The molecule has 1 unspecified atom stereocenters. The summed E-state index contributed by atoms with van der Waals surface area (Å²) in [5, 5.41) is 9.28. The lowest BCUT2D eigenvalue weighted by molar-refractivity contribution is 0.0968. The van der Waals surface area contributed by atoms with E-state index >= 15 is 0 Å². The molecule has 1 atom stereocenters. The third-order valence-corrected chi connectivity index (χ3v) is 2.94. The maximum atomic E-state index is 12.3. The molecule has 0 fully saturated rings. The van der Waals surface area contributed by atoms with E-state index in [1.54, 1.807) is 25.3 Å². The number of ketones is 1. The van der Waals surface area contributed by atoms with Crippen LogP contribution in [0.4, 0.5) is 0 Å². The highest BCUT2D eigenvalue weighted by atomic mass is 16.5. The van der Waals surface area contributed by atoms with Crippen molar-refractivity contribution in [2.24, 2.45) is 0 Å². The monoisotopic (exact) mass is 267 g/mol. The predicted octanol–water partition coefficient (Wildman–Crippen LogP) is 2.28. The molecule has 5 nitrogen and oxygen atoms in total. The normalized spacial score (nSPS) is 11.4. The van der Waals surface area contributed by atoms with Crippen LogP contribution in [0.15, 0.2) is 36.7 Å². The van der Waals surface area contributed by atoms with Gasteiger partial charge in [0.1, 0.15) is 11.7 Å². The second kappa shape index (κ2) is 5.93. The summed E-state index contributed by atoms with van der Waals surface area (Å²) in [6.07, 6.45) is 2.95. The first-order chi connectivity index (χ1) is 9.67. The second-order valence-electron chi connectivity index (χ2n) is 4.23. The van der Waals surface area contributed by atoms with E-state index < -0.39 is 11.7 Å².